The van der Waals surface area contributed by atoms with E-state index in [2.05, 4.69) is 43.1 Å². The lowest BCUT2D eigenvalue weighted by Gasteiger charge is -2.18. The molecule has 7 nitrogen and oxygen atoms in total. The van der Waals surface area contributed by atoms with Crippen LogP contribution in [-0.2, 0) is 4.79 Å². The van der Waals surface area contributed by atoms with Crippen molar-refractivity contribution in [3.63, 3.8) is 0 Å². The van der Waals surface area contributed by atoms with Gasteiger partial charge in [0.05, 0.1) is 4.47 Å². The van der Waals surface area contributed by atoms with Crippen LogP contribution in [0.15, 0.2) is 47.7 Å². The molecular weight excluding hydrogens is 410 g/mol. The van der Waals surface area contributed by atoms with Crippen LogP contribution in [0.1, 0.15) is 22.3 Å². The Bertz CT molecular complexity index is 869. The molecule has 1 aliphatic heterocycles. The first-order valence-corrected chi connectivity index (χ1v) is 9.33. The highest BCUT2D eigenvalue weighted by Crippen LogP contribution is 2.21. The fourth-order valence-corrected chi connectivity index (χ4v) is 3.14. The number of nitrogens with one attached hydrogen (secondary N) is 2. The van der Waals surface area contributed by atoms with Gasteiger partial charge in [0.15, 0.2) is 0 Å². The highest BCUT2D eigenvalue weighted by molar-refractivity contribution is 9.10. The molecule has 1 unspecified atom stereocenters. The van der Waals surface area contributed by atoms with E-state index in [1.807, 2.05) is 11.8 Å². The second-order valence-electron chi connectivity index (χ2n) is 6.33. The summed E-state index contributed by atoms with van der Waals surface area (Å²) in [5.74, 6) is 0.247. The van der Waals surface area contributed by atoms with Crippen molar-refractivity contribution in [2.45, 2.75) is 19.4 Å². The van der Waals surface area contributed by atoms with Gasteiger partial charge in [-0.3, -0.25) is 9.59 Å². The normalized spacial score (nSPS) is 16.1. The third-order valence-corrected chi connectivity index (χ3v) is 4.76. The molecule has 2 heterocycles. The minimum absolute atomic E-state index is 0.0271. The molecule has 0 radical (unpaired) electrons. The van der Waals surface area contributed by atoms with Gasteiger partial charge in [0.25, 0.3) is 5.91 Å². The van der Waals surface area contributed by atoms with E-state index in [0.29, 0.717) is 30.3 Å². The highest BCUT2D eigenvalue weighted by Gasteiger charge is 2.27. The number of carbonyl (C=O) groups is 2. The summed E-state index contributed by atoms with van der Waals surface area (Å²) >= 11 is 3.31. The molecule has 27 heavy (non-hydrogen) atoms. The van der Waals surface area contributed by atoms with Crippen LogP contribution in [0.3, 0.4) is 0 Å². The van der Waals surface area contributed by atoms with Gasteiger partial charge in [-0.1, -0.05) is 6.58 Å². The summed E-state index contributed by atoms with van der Waals surface area (Å²) in [7, 11) is 0. The van der Waals surface area contributed by atoms with Crippen molar-refractivity contribution in [3.05, 3.63) is 58.8 Å². The molecule has 1 fully saturated rings. The predicted molar refractivity (Wildman–Crippen MR) is 108 cm³/mol. The smallest absolute Gasteiger partial charge is 0.253 e. The summed E-state index contributed by atoms with van der Waals surface area (Å²) in [6, 6.07) is 5.37. The monoisotopic (exact) mass is 429 g/mol. The number of carbonyl (C=O) groups excluding carboxylic acids is 2. The van der Waals surface area contributed by atoms with E-state index in [9.17, 15) is 9.59 Å². The molecule has 1 saturated heterocycles. The van der Waals surface area contributed by atoms with Crippen LogP contribution < -0.4 is 10.6 Å². The standard InChI is InChI=1S/C19H20BrN5O2/c1-3-17(26)24-16-5-4-13(8-12(16)2)18(27)25-7-6-15(11-25)23-19-21-9-14(20)10-22-19/h3-5,8-10,15H,1,6-7,11H2,2H3,(H,24,26)(H,21,22,23). The van der Waals surface area contributed by atoms with Crippen molar-refractivity contribution < 1.29 is 9.59 Å². The summed E-state index contributed by atoms with van der Waals surface area (Å²) in [6.45, 7) is 6.55. The minimum Gasteiger partial charge on any atom is -0.350 e. The van der Waals surface area contributed by atoms with Gasteiger partial charge in [0.1, 0.15) is 0 Å². The maximum absolute atomic E-state index is 12.8. The summed E-state index contributed by atoms with van der Waals surface area (Å²) in [5.41, 5.74) is 2.10. The van der Waals surface area contributed by atoms with Gasteiger partial charge in [-0.25, -0.2) is 9.97 Å². The summed E-state index contributed by atoms with van der Waals surface area (Å²) in [4.78, 5) is 34.5. The zero-order valence-corrected chi connectivity index (χ0v) is 16.5. The molecule has 0 saturated carbocycles. The van der Waals surface area contributed by atoms with Gasteiger partial charge in [0, 0.05) is 42.8 Å². The lowest BCUT2D eigenvalue weighted by Crippen LogP contribution is -2.32. The molecule has 1 aromatic heterocycles. The topological polar surface area (TPSA) is 87.2 Å². The van der Waals surface area contributed by atoms with Crippen molar-refractivity contribution in [2.24, 2.45) is 0 Å². The van der Waals surface area contributed by atoms with E-state index >= 15 is 0 Å². The Hall–Kier alpha value is -2.74. The molecule has 2 amide bonds. The van der Waals surface area contributed by atoms with Crippen LogP contribution in [0.4, 0.5) is 11.6 Å². The second-order valence-corrected chi connectivity index (χ2v) is 7.24. The maximum atomic E-state index is 12.8. The first-order valence-electron chi connectivity index (χ1n) is 8.53. The number of benzene rings is 1. The molecule has 0 bridgehead atoms. The highest BCUT2D eigenvalue weighted by atomic mass is 79.9. The van der Waals surface area contributed by atoms with E-state index in [0.717, 1.165) is 16.5 Å². The van der Waals surface area contributed by atoms with Gasteiger partial charge in [-0.05, 0) is 59.1 Å². The number of likely N-dealkylation sites (tertiary alicyclic amines) is 1. The quantitative estimate of drug-likeness (QED) is 0.713. The number of aryl methyl sites for hydroxylation is 1. The van der Waals surface area contributed by atoms with Crippen LogP contribution in [0.2, 0.25) is 0 Å². The summed E-state index contributed by atoms with van der Waals surface area (Å²) < 4.78 is 0.819. The molecule has 2 N–H and O–H groups in total. The number of hydrogen-bond donors (Lipinski definition) is 2. The van der Waals surface area contributed by atoms with Crippen molar-refractivity contribution >= 4 is 39.4 Å². The first kappa shape index (κ1) is 19.0. The van der Waals surface area contributed by atoms with Crippen molar-refractivity contribution in [3.8, 4) is 0 Å². The molecule has 8 heteroatoms. The average Bonchev–Trinajstić information content (AvgIpc) is 3.13. The number of hydrogen-bond acceptors (Lipinski definition) is 5. The predicted octanol–water partition coefficient (Wildman–Crippen LogP) is 3.00. The van der Waals surface area contributed by atoms with Gasteiger partial charge >= 0.3 is 0 Å². The Morgan fingerprint density at radius 1 is 1.33 bits per heavy atom. The third kappa shape index (κ3) is 4.71. The minimum atomic E-state index is -0.277. The van der Waals surface area contributed by atoms with Crippen molar-refractivity contribution in [2.75, 3.05) is 23.7 Å². The van der Waals surface area contributed by atoms with Gasteiger partial charge < -0.3 is 15.5 Å². The van der Waals surface area contributed by atoms with E-state index in [4.69, 9.17) is 0 Å². The van der Waals surface area contributed by atoms with Gasteiger partial charge in [-0.2, -0.15) is 0 Å². The number of nitrogens with zero attached hydrogens (tertiary/aromatic N) is 3. The van der Waals surface area contributed by atoms with E-state index in [1.54, 1.807) is 30.6 Å². The Balaban J connectivity index is 1.62. The van der Waals surface area contributed by atoms with Crippen molar-refractivity contribution in [1.82, 2.24) is 14.9 Å². The van der Waals surface area contributed by atoms with Gasteiger partial charge in [-0.15, -0.1) is 0 Å². The molecule has 1 atom stereocenters. The van der Waals surface area contributed by atoms with Crippen LogP contribution in [0.25, 0.3) is 0 Å². The van der Waals surface area contributed by atoms with Crippen LogP contribution in [0, 0.1) is 6.92 Å². The summed E-state index contributed by atoms with van der Waals surface area (Å²) in [5, 5.41) is 5.98. The molecule has 1 aliphatic rings. The molecule has 2 aromatic rings. The van der Waals surface area contributed by atoms with E-state index in [-0.39, 0.29) is 17.9 Å². The third-order valence-electron chi connectivity index (χ3n) is 4.35. The van der Waals surface area contributed by atoms with Gasteiger partial charge in [0.2, 0.25) is 11.9 Å². The number of anilines is 2. The molecule has 0 aliphatic carbocycles. The first-order chi connectivity index (χ1) is 13.0. The number of amides is 2. The van der Waals surface area contributed by atoms with Crippen LogP contribution in [0.5, 0.6) is 0 Å². The van der Waals surface area contributed by atoms with Crippen molar-refractivity contribution in [1.29, 1.82) is 0 Å². The largest absolute Gasteiger partial charge is 0.350 e. The lowest BCUT2D eigenvalue weighted by atomic mass is 10.1. The number of halogens is 1. The van der Waals surface area contributed by atoms with Crippen LogP contribution >= 0.6 is 15.9 Å². The second kappa shape index (κ2) is 8.30. The Kier molecular flexibility index (Phi) is 5.85. The summed E-state index contributed by atoms with van der Waals surface area (Å²) in [6.07, 6.45) is 5.41. The van der Waals surface area contributed by atoms with E-state index in [1.165, 1.54) is 6.08 Å². The lowest BCUT2D eigenvalue weighted by molar-refractivity contribution is -0.111. The Morgan fingerprint density at radius 2 is 2.07 bits per heavy atom. The average molecular weight is 430 g/mol. The molecular formula is C19H20BrN5O2. The molecule has 0 spiro atoms. The Labute approximate surface area is 166 Å². The fourth-order valence-electron chi connectivity index (χ4n) is 2.94. The number of rotatable bonds is 5. The van der Waals surface area contributed by atoms with E-state index < -0.39 is 0 Å². The number of aromatic nitrogens is 2. The SMILES string of the molecule is C=CC(=O)Nc1ccc(C(=O)N2CCC(Nc3ncc(Br)cn3)C2)cc1C. The molecule has 1 aromatic carbocycles. The molecule has 3 rings (SSSR count). The zero-order valence-electron chi connectivity index (χ0n) is 14.9. The zero-order chi connectivity index (χ0) is 19.4. The fraction of sp³-hybridized carbons (Fsp3) is 0.263. The maximum Gasteiger partial charge on any atom is 0.253 e. The Morgan fingerprint density at radius 3 is 2.74 bits per heavy atom. The van der Waals surface area contributed by atoms with Crippen LogP contribution in [-0.4, -0.2) is 45.8 Å². The molecule has 140 valence electrons.